The van der Waals surface area contributed by atoms with Gasteiger partial charge in [0.25, 0.3) is 6.20 Å². The number of nitrogens with one attached hydrogen (secondary N) is 1. The zero-order valence-electron chi connectivity index (χ0n) is 5.96. The van der Waals surface area contributed by atoms with Gasteiger partial charge in [-0.05, 0) is 13.2 Å². The van der Waals surface area contributed by atoms with Crippen molar-refractivity contribution < 1.29 is 4.92 Å². The fraction of sp³-hybridized carbons (Fsp3) is 0.600. The standard InChI is InChI=1S/C5H10N2O2S/c1-3-6-5(10-2)4-7(8)9/h4,6H,3H2,1-2H3. The first-order valence-electron chi connectivity index (χ1n) is 2.84. The third-order valence-corrected chi connectivity index (χ3v) is 1.48. The van der Waals surface area contributed by atoms with E-state index in [0.29, 0.717) is 11.6 Å². The summed E-state index contributed by atoms with van der Waals surface area (Å²) in [7, 11) is 0. The van der Waals surface area contributed by atoms with Crippen molar-refractivity contribution in [2.75, 3.05) is 12.8 Å². The smallest absolute Gasteiger partial charge is 0.263 e. The summed E-state index contributed by atoms with van der Waals surface area (Å²) >= 11 is 1.33. The van der Waals surface area contributed by atoms with E-state index < -0.39 is 4.92 Å². The predicted molar refractivity (Wildman–Crippen MR) is 42.3 cm³/mol. The molecule has 0 aromatic rings. The average molecular weight is 162 g/mol. The minimum Gasteiger partial charge on any atom is -0.375 e. The van der Waals surface area contributed by atoms with Gasteiger partial charge < -0.3 is 5.32 Å². The summed E-state index contributed by atoms with van der Waals surface area (Å²) in [4.78, 5) is 9.46. The Kier molecular flexibility index (Phi) is 4.74. The summed E-state index contributed by atoms with van der Waals surface area (Å²) in [5, 5.41) is 13.4. The molecule has 4 nitrogen and oxygen atoms in total. The van der Waals surface area contributed by atoms with Gasteiger partial charge in [-0.2, -0.15) is 0 Å². The molecule has 0 heterocycles. The van der Waals surface area contributed by atoms with Crippen LogP contribution < -0.4 is 5.32 Å². The van der Waals surface area contributed by atoms with Gasteiger partial charge in [0, 0.05) is 6.54 Å². The van der Waals surface area contributed by atoms with Gasteiger partial charge >= 0.3 is 0 Å². The van der Waals surface area contributed by atoms with E-state index in [9.17, 15) is 10.1 Å². The lowest BCUT2D eigenvalue weighted by Gasteiger charge is -1.99. The van der Waals surface area contributed by atoms with Crippen molar-refractivity contribution in [2.24, 2.45) is 0 Å². The lowest BCUT2D eigenvalue weighted by molar-refractivity contribution is -0.403. The number of rotatable bonds is 4. The Bertz CT molecular complexity index is 147. The van der Waals surface area contributed by atoms with Crippen LogP contribution in [0.5, 0.6) is 0 Å². The number of nitrogens with zero attached hydrogens (tertiary/aromatic N) is 1. The van der Waals surface area contributed by atoms with Gasteiger partial charge in [0.15, 0.2) is 0 Å². The minimum absolute atomic E-state index is 0.464. The normalized spacial score (nSPS) is 11.2. The van der Waals surface area contributed by atoms with Crippen LogP contribution >= 0.6 is 11.8 Å². The van der Waals surface area contributed by atoms with E-state index in [1.54, 1.807) is 6.26 Å². The highest BCUT2D eigenvalue weighted by Crippen LogP contribution is 2.05. The van der Waals surface area contributed by atoms with Gasteiger partial charge in [0.1, 0.15) is 5.03 Å². The van der Waals surface area contributed by atoms with E-state index in [1.807, 2.05) is 6.92 Å². The van der Waals surface area contributed by atoms with Gasteiger partial charge in [0.2, 0.25) is 0 Å². The van der Waals surface area contributed by atoms with E-state index in [0.717, 1.165) is 6.20 Å². The fourth-order valence-corrected chi connectivity index (χ4v) is 0.921. The summed E-state index contributed by atoms with van der Waals surface area (Å²) in [6.45, 7) is 2.60. The minimum atomic E-state index is -0.464. The highest BCUT2D eigenvalue weighted by atomic mass is 32.2. The van der Waals surface area contributed by atoms with E-state index in [4.69, 9.17) is 0 Å². The van der Waals surface area contributed by atoms with Crippen molar-refractivity contribution in [3.05, 3.63) is 21.3 Å². The molecule has 0 spiro atoms. The molecule has 0 atom stereocenters. The van der Waals surface area contributed by atoms with Crippen LogP contribution in [0.15, 0.2) is 11.2 Å². The first-order valence-corrected chi connectivity index (χ1v) is 4.06. The fourth-order valence-electron chi connectivity index (χ4n) is 0.440. The van der Waals surface area contributed by atoms with Crippen LogP contribution in [0, 0.1) is 10.1 Å². The SMILES string of the molecule is CCNC(=C[N+](=O)[O-])SC. The Morgan fingerprint density at radius 2 is 2.50 bits per heavy atom. The molecular formula is C5H10N2O2S. The molecule has 10 heavy (non-hydrogen) atoms. The largest absolute Gasteiger partial charge is 0.375 e. The van der Waals surface area contributed by atoms with Crippen molar-refractivity contribution in [3.8, 4) is 0 Å². The van der Waals surface area contributed by atoms with Crippen molar-refractivity contribution in [1.29, 1.82) is 0 Å². The summed E-state index contributed by atoms with van der Waals surface area (Å²) in [5.74, 6) is 0. The second kappa shape index (κ2) is 5.10. The average Bonchev–Trinajstić information content (AvgIpc) is 1.86. The maximum absolute atomic E-state index is 9.92. The van der Waals surface area contributed by atoms with Gasteiger partial charge in [-0.3, -0.25) is 10.1 Å². The van der Waals surface area contributed by atoms with E-state index in [1.165, 1.54) is 11.8 Å². The monoisotopic (exact) mass is 162 g/mol. The van der Waals surface area contributed by atoms with Gasteiger partial charge in [-0.25, -0.2) is 0 Å². The van der Waals surface area contributed by atoms with Crippen LogP contribution in [0.4, 0.5) is 0 Å². The van der Waals surface area contributed by atoms with Crippen LogP contribution in [-0.2, 0) is 0 Å². The molecule has 0 unspecified atom stereocenters. The number of hydrogen-bond donors (Lipinski definition) is 1. The Morgan fingerprint density at radius 1 is 1.90 bits per heavy atom. The van der Waals surface area contributed by atoms with Gasteiger partial charge in [-0.15, -0.1) is 11.8 Å². The van der Waals surface area contributed by atoms with Crippen molar-refractivity contribution in [1.82, 2.24) is 5.32 Å². The topological polar surface area (TPSA) is 55.2 Å². The number of nitro groups is 1. The Hall–Kier alpha value is -0.710. The second-order valence-electron chi connectivity index (χ2n) is 1.51. The molecule has 0 bridgehead atoms. The van der Waals surface area contributed by atoms with E-state index in [2.05, 4.69) is 5.32 Å². The molecule has 0 aromatic carbocycles. The Morgan fingerprint density at radius 3 is 2.80 bits per heavy atom. The highest BCUT2D eigenvalue weighted by Gasteiger charge is 1.96. The quantitative estimate of drug-likeness (QED) is 0.495. The molecule has 0 saturated carbocycles. The third-order valence-electron chi connectivity index (χ3n) is 0.794. The molecule has 58 valence electrons. The molecule has 0 aromatic heterocycles. The molecule has 1 N–H and O–H groups in total. The van der Waals surface area contributed by atoms with E-state index >= 15 is 0 Å². The molecule has 0 radical (unpaired) electrons. The van der Waals surface area contributed by atoms with Crippen LogP contribution in [0.3, 0.4) is 0 Å². The zero-order chi connectivity index (χ0) is 7.98. The Labute approximate surface area is 63.8 Å². The van der Waals surface area contributed by atoms with Gasteiger partial charge in [-0.1, -0.05) is 0 Å². The van der Waals surface area contributed by atoms with Crippen LogP contribution in [0.1, 0.15) is 6.92 Å². The molecule has 0 saturated heterocycles. The molecule has 0 rings (SSSR count). The molecule has 0 aliphatic carbocycles. The molecule has 5 heteroatoms. The van der Waals surface area contributed by atoms with Crippen LogP contribution in [0.25, 0.3) is 0 Å². The molecule has 0 fully saturated rings. The van der Waals surface area contributed by atoms with Gasteiger partial charge in [0.05, 0.1) is 4.92 Å². The first-order chi connectivity index (χ1) is 4.70. The van der Waals surface area contributed by atoms with Crippen LogP contribution in [0.2, 0.25) is 0 Å². The van der Waals surface area contributed by atoms with E-state index in [-0.39, 0.29) is 0 Å². The summed E-state index contributed by atoms with van der Waals surface area (Å²) < 4.78 is 0. The highest BCUT2D eigenvalue weighted by molar-refractivity contribution is 8.02. The maximum Gasteiger partial charge on any atom is 0.263 e. The zero-order valence-corrected chi connectivity index (χ0v) is 6.77. The second-order valence-corrected chi connectivity index (χ2v) is 2.36. The number of thioether (sulfide) groups is 1. The molecular weight excluding hydrogens is 152 g/mol. The van der Waals surface area contributed by atoms with Crippen molar-refractivity contribution in [2.45, 2.75) is 6.92 Å². The van der Waals surface area contributed by atoms with Crippen LogP contribution in [-0.4, -0.2) is 17.7 Å². The van der Waals surface area contributed by atoms with Crippen molar-refractivity contribution >= 4 is 11.8 Å². The Balaban J connectivity index is 3.91. The maximum atomic E-state index is 9.92. The van der Waals surface area contributed by atoms with Crippen molar-refractivity contribution in [3.63, 3.8) is 0 Å². The molecule has 0 aliphatic heterocycles. The number of hydrogen-bond acceptors (Lipinski definition) is 4. The summed E-state index contributed by atoms with van der Waals surface area (Å²) in [5.41, 5.74) is 0. The third kappa shape index (κ3) is 4.20. The summed E-state index contributed by atoms with van der Waals surface area (Å²) in [6, 6.07) is 0. The predicted octanol–water partition coefficient (Wildman–Crippen LogP) is 1.03. The lowest BCUT2D eigenvalue weighted by atomic mass is 10.7. The summed E-state index contributed by atoms with van der Waals surface area (Å²) in [6.07, 6.45) is 2.76. The first kappa shape index (κ1) is 9.29. The lowest BCUT2D eigenvalue weighted by Crippen LogP contribution is -2.10. The molecule has 0 amide bonds. The molecule has 0 aliphatic rings.